The summed E-state index contributed by atoms with van der Waals surface area (Å²) in [5, 5.41) is 8.25. The molecule has 1 unspecified atom stereocenters. The molecule has 2 aliphatic rings. The molecule has 3 heterocycles. The lowest BCUT2D eigenvalue weighted by atomic mass is 10.0. The van der Waals surface area contributed by atoms with Gasteiger partial charge in [0.1, 0.15) is 17.1 Å². The summed E-state index contributed by atoms with van der Waals surface area (Å²) < 4.78 is 26.0. The molecule has 2 aromatic carbocycles. The van der Waals surface area contributed by atoms with Crippen molar-refractivity contribution in [2.45, 2.75) is 24.8 Å². The molecule has 40 heavy (non-hydrogen) atoms. The first-order valence-corrected chi connectivity index (χ1v) is 13.6. The summed E-state index contributed by atoms with van der Waals surface area (Å²) in [6, 6.07) is 10.9. The maximum Gasteiger partial charge on any atom is 0.275 e. The molecule has 1 atom stereocenters. The molecule has 208 valence electrons. The number of hydrogen-bond acceptors (Lipinski definition) is 6. The van der Waals surface area contributed by atoms with E-state index in [2.05, 4.69) is 20.3 Å². The first-order valence-electron chi connectivity index (χ1n) is 13.3. The van der Waals surface area contributed by atoms with Gasteiger partial charge in [0.2, 0.25) is 0 Å². The van der Waals surface area contributed by atoms with Gasteiger partial charge in [-0.05, 0) is 54.7 Å². The molecule has 0 radical (unpaired) electrons. The fourth-order valence-electron chi connectivity index (χ4n) is 5.22. The molecule has 0 spiro atoms. The van der Waals surface area contributed by atoms with E-state index in [0.717, 1.165) is 31.5 Å². The molecule has 0 bridgehead atoms. The largest absolute Gasteiger partial charge is 0.495 e. The predicted octanol–water partition coefficient (Wildman–Crippen LogP) is 4.17. The highest BCUT2D eigenvalue weighted by molar-refractivity contribution is 6.32. The number of hydrogen-bond donors (Lipinski definition) is 2. The standard InChI is InChI=1S/C29H29ClFN5O4/c1-39-24-14-19(6-9-22(24)30)27-33-29(38)26-25(18-2-3-18)21(15-36(26)34-27)28(37)32-23(16-35-10-12-40-13-11-35)17-4-7-20(31)8-5-17/h4-9,14-15,18,23H,2-3,10-13,16H2,1H3,(H,32,37)(H,33,34,38). The molecule has 1 saturated heterocycles. The van der Waals surface area contributed by atoms with Crippen molar-refractivity contribution in [2.75, 3.05) is 40.0 Å². The zero-order chi connectivity index (χ0) is 27.8. The van der Waals surface area contributed by atoms with Crippen LogP contribution in [-0.4, -0.2) is 65.4 Å². The minimum Gasteiger partial charge on any atom is -0.495 e. The van der Waals surface area contributed by atoms with E-state index in [4.69, 9.17) is 21.1 Å². The summed E-state index contributed by atoms with van der Waals surface area (Å²) in [5.41, 5.74) is 2.57. The third-order valence-electron chi connectivity index (χ3n) is 7.46. The van der Waals surface area contributed by atoms with Crippen molar-refractivity contribution in [1.29, 1.82) is 0 Å². The number of aromatic amines is 1. The molecule has 2 aromatic heterocycles. The van der Waals surface area contributed by atoms with Gasteiger partial charge in [0.05, 0.1) is 37.0 Å². The highest BCUT2D eigenvalue weighted by atomic mass is 35.5. The van der Waals surface area contributed by atoms with E-state index in [1.807, 2.05) is 0 Å². The average molecular weight is 566 g/mol. The molecule has 9 nitrogen and oxygen atoms in total. The van der Waals surface area contributed by atoms with E-state index in [9.17, 15) is 14.0 Å². The van der Waals surface area contributed by atoms with Crippen LogP contribution in [-0.2, 0) is 4.74 Å². The lowest BCUT2D eigenvalue weighted by Gasteiger charge is -2.31. The molecular formula is C29H29ClFN5O4. The number of nitrogens with one attached hydrogen (secondary N) is 2. The normalized spacial score (nSPS) is 16.7. The summed E-state index contributed by atoms with van der Waals surface area (Å²) in [7, 11) is 1.52. The van der Waals surface area contributed by atoms with Gasteiger partial charge in [0, 0.05) is 37.0 Å². The van der Waals surface area contributed by atoms with Crippen LogP contribution in [0.25, 0.3) is 16.9 Å². The summed E-state index contributed by atoms with van der Waals surface area (Å²) in [4.78, 5) is 32.3. The van der Waals surface area contributed by atoms with Crippen LogP contribution >= 0.6 is 11.6 Å². The van der Waals surface area contributed by atoms with Gasteiger partial charge < -0.3 is 19.8 Å². The molecular weight excluding hydrogens is 537 g/mol. The van der Waals surface area contributed by atoms with Gasteiger partial charge in [-0.2, -0.15) is 0 Å². The number of H-pyrrole nitrogens is 1. The van der Waals surface area contributed by atoms with Crippen molar-refractivity contribution >= 4 is 23.0 Å². The van der Waals surface area contributed by atoms with Gasteiger partial charge in [0.15, 0.2) is 5.82 Å². The van der Waals surface area contributed by atoms with Gasteiger partial charge in [0.25, 0.3) is 11.5 Å². The molecule has 2 N–H and O–H groups in total. The molecule has 1 aliphatic heterocycles. The smallest absolute Gasteiger partial charge is 0.275 e. The van der Waals surface area contributed by atoms with E-state index in [1.54, 1.807) is 36.5 Å². The fraction of sp³-hybridized carbons (Fsp3) is 0.345. The molecule has 4 aromatic rings. The monoisotopic (exact) mass is 565 g/mol. The van der Waals surface area contributed by atoms with Crippen molar-refractivity contribution in [2.24, 2.45) is 0 Å². The minimum atomic E-state index is -0.385. The number of methoxy groups -OCH3 is 1. The van der Waals surface area contributed by atoms with Crippen molar-refractivity contribution in [3.05, 3.63) is 86.5 Å². The molecule has 1 aliphatic carbocycles. The second-order valence-corrected chi connectivity index (χ2v) is 10.6. The van der Waals surface area contributed by atoms with Crippen LogP contribution in [0.1, 0.15) is 46.3 Å². The number of amides is 1. The Labute approximate surface area is 234 Å². The third-order valence-corrected chi connectivity index (χ3v) is 7.77. The Hall–Kier alpha value is -3.73. The predicted molar refractivity (Wildman–Crippen MR) is 149 cm³/mol. The van der Waals surface area contributed by atoms with E-state index in [0.29, 0.717) is 58.6 Å². The number of rotatable bonds is 8. The van der Waals surface area contributed by atoms with Crippen molar-refractivity contribution in [3.63, 3.8) is 0 Å². The number of carbonyl (C=O) groups excluding carboxylic acids is 1. The average Bonchev–Trinajstić information content (AvgIpc) is 3.73. The van der Waals surface area contributed by atoms with Crippen molar-refractivity contribution in [3.8, 4) is 17.1 Å². The number of aromatic nitrogens is 3. The first-order chi connectivity index (χ1) is 19.4. The van der Waals surface area contributed by atoms with Crippen molar-refractivity contribution < 1.29 is 18.7 Å². The zero-order valence-corrected chi connectivity index (χ0v) is 22.7. The molecule has 6 rings (SSSR count). The highest BCUT2D eigenvalue weighted by Gasteiger charge is 2.34. The van der Waals surface area contributed by atoms with Crippen LogP contribution in [0.4, 0.5) is 4.39 Å². The maximum absolute atomic E-state index is 13.8. The second-order valence-electron chi connectivity index (χ2n) is 10.2. The Bertz CT molecular complexity index is 1610. The number of halogens is 2. The lowest BCUT2D eigenvalue weighted by Crippen LogP contribution is -2.43. The van der Waals surface area contributed by atoms with Gasteiger partial charge in [-0.3, -0.25) is 14.5 Å². The lowest BCUT2D eigenvalue weighted by molar-refractivity contribution is 0.0332. The summed E-state index contributed by atoms with van der Waals surface area (Å²) in [5.74, 6) is 0.255. The van der Waals surface area contributed by atoms with E-state index < -0.39 is 0 Å². The van der Waals surface area contributed by atoms with Crippen LogP contribution in [0.2, 0.25) is 5.02 Å². The SMILES string of the molecule is COc1cc(-c2nn3cc(C(=O)NC(CN4CCOCC4)c4ccc(F)cc4)c(C4CC4)c3c(=O)[nH]2)ccc1Cl. The Balaban J connectivity index is 1.36. The zero-order valence-electron chi connectivity index (χ0n) is 22.0. The number of morpholine rings is 1. The quantitative estimate of drug-likeness (QED) is 0.333. The Morgan fingerprint density at radius 3 is 2.67 bits per heavy atom. The summed E-state index contributed by atoms with van der Waals surface area (Å²) >= 11 is 6.17. The van der Waals surface area contributed by atoms with Crippen LogP contribution < -0.4 is 15.6 Å². The van der Waals surface area contributed by atoms with Crippen LogP contribution in [0.3, 0.4) is 0 Å². The summed E-state index contributed by atoms with van der Waals surface area (Å²) in [6.07, 6.45) is 3.41. The Kier molecular flexibility index (Phi) is 7.31. The second kappa shape index (κ2) is 11.0. The number of nitrogens with zero attached hydrogens (tertiary/aromatic N) is 3. The highest BCUT2D eigenvalue weighted by Crippen LogP contribution is 2.44. The van der Waals surface area contributed by atoms with Crippen LogP contribution in [0, 0.1) is 5.82 Å². The maximum atomic E-state index is 13.8. The Morgan fingerprint density at radius 1 is 1.23 bits per heavy atom. The van der Waals surface area contributed by atoms with Gasteiger partial charge in [-0.1, -0.05) is 23.7 Å². The Morgan fingerprint density at radius 2 is 1.98 bits per heavy atom. The topological polar surface area (TPSA) is 101 Å². The van der Waals surface area contributed by atoms with Gasteiger partial charge in [-0.25, -0.2) is 8.91 Å². The number of benzene rings is 2. The molecule has 11 heteroatoms. The number of carbonyl (C=O) groups is 1. The molecule has 2 fully saturated rings. The van der Waals surface area contributed by atoms with Crippen LogP contribution in [0.15, 0.2) is 53.5 Å². The van der Waals surface area contributed by atoms with Crippen molar-refractivity contribution in [1.82, 2.24) is 24.8 Å². The summed E-state index contributed by atoms with van der Waals surface area (Å²) in [6.45, 7) is 3.28. The van der Waals surface area contributed by atoms with E-state index in [-0.39, 0.29) is 29.2 Å². The number of fused-ring (bicyclic) bond motifs is 1. The molecule has 1 amide bonds. The molecule has 1 saturated carbocycles. The van der Waals surface area contributed by atoms with Gasteiger partial charge in [-0.15, -0.1) is 5.10 Å². The third kappa shape index (κ3) is 5.34. The first kappa shape index (κ1) is 26.5. The fourth-order valence-corrected chi connectivity index (χ4v) is 5.42. The van der Waals surface area contributed by atoms with Crippen LogP contribution in [0.5, 0.6) is 5.75 Å². The van der Waals surface area contributed by atoms with E-state index >= 15 is 0 Å². The number of ether oxygens (including phenoxy) is 2. The van der Waals surface area contributed by atoms with Gasteiger partial charge >= 0.3 is 0 Å². The minimum absolute atomic E-state index is 0.110. The van der Waals surface area contributed by atoms with E-state index in [1.165, 1.54) is 23.8 Å².